The largest absolute Gasteiger partial charge is 0.497 e. The molecule has 92 valence electrons. The first-order valence-electron chi connectivity index (χ1n) is 5.90. The molecule has 1 aliphatic carbocycles. The van der Waals surface area contributed by atoms with Crippen molar-refractivity contribution in [2.24, 2.45) is 5.41 Å². The molecule has 0 heterocycles. The van der Waals surface area contributed by atoms with Crippen molar-refractivity contribution < 1.29 is 9.53 Å². The van der Waals surface area contributed by atoms with Gasteiger partial charge in [-0.05, 0) is 49.1 Å². The average Bonchev–Trinajstić information content (AvgIpc) is 2.42. The summed E-state index contributed by atoms with van der Waals surface area (Å²) in [5.41, 5.74) is 1.16. The summed E-state index contributed by atoms with van der Waals surface area (Å²) < 4.78 is 5.10. The van der Waals surface area contributed by atoms with Crippen LogP contribution in [-0.4, -0.2) is 12.9 Å². The summed E-state index contributed by atoms with van der Waals surface area (Å²) in [5.74, 6) is 0.699. The number of methoxy groups -OCH3 is 1. The second-order valence-corrected chi connectivity index (χ2v) is 4.71. The molecule has 2 rings (SSSR count). The summed E-state index contributed by atoms with van der Waals surface area (Å²) in [4.78, 5) is 11.9. The Kier molecular flexibility index (Phi) is 3.20. The topological polar surface area (TPSA) is 50.1 Å². The lowest BCUT2D eigenvalue weighted by atomic mass is 9.75. The highest BCUT2D eigenvalue weighted by Crippen LogP contribution is 2.35. The van der Waals surface area contributed by atoms with E-state index in [1.807, 2.05) is 24.3 Å². The molecule has 1 aromatic carbocycles. The number of benzene rings is 1. The first-order valence-corrected chi connectivity index (χ1v) is 5.90. The van der Waals surface area contributed by atoms with Crippen LogP contribution >= 0.6 is 0 Å². The van der Waals surface area contributed by atoms with Crippen LogP contribution < -0.4 is 4.74 Å². The third kappa shape index (κ3) is 2.14. The highest BCUT2D eigenvalue weighted by Gasteiger charge is 2.35. The molecule has 3 heteroatoms. The van der Waals surface area contributed by atoms with Gasteiger partial charge in [0.15, 0.2) is 5.78 Å². The van der Waals surface area contributed by atoms with Crippen LogP contribution in [-0.2, 0) is 4.79 Å². The minimum atomic E-state index is -0.851. The van der Waals surface area contributed by atoms with Crippen LogP contribution in [0.15, 0.2) is 30.3 Å². The van der Waals surface area contributed by atoms with Crippen LogP contribution in [0.2, 0.25) is 0 Å². The molecule has 1 atom stereocenters. The Morgan fingerprint density at radius 3 is 2.50 bits per heavy atom. The SMILES string of the molecule is COc1ccc(C2=CC(=O)[C@@](C)(C#N)CC2)cc1. The molecule has 3 nitrogen and oxygen atoms in total. The number of nitrogens with zero attached hydrogens (tertiary/aromatic N) is 1. The van der Waals surface area contributed by atoms with Crippen LogP contribution in [0.3, 0.4) is 0 Å². The minimum absolute atomic E-state index is 0.0953. The first-order chi connectivity index (χ1) is 8.59. The van der Waals surface area contributed by atoms with Gasteiger partial charge in [-0.3, -0.25) is 4.79 Å². The zero-order valence-electron chi connectivity index (χ0n) is 10.6. The molecule has 0 spiro atoms. The number of carbonyl (C=O) groups is 1. The molecule has 0 aliphatic heterocycles. The fourth-order valence-corrected chi connectivity index (χ4v) is 2.04. The number of ketones is 1. The Hall–Kier alpha value is -2.08. The zero-order valence-corrected chi connectivity index (χ0v) is 10.6. The van der Waals surface area contributed by atoms with Crippen LogP contribution in [0.4, 0.5) is 0 Å². The van der Waals surface area contributed by atoms with Crippen molar-refractivity contribution in [3.8, 4) is 11.8 Å². The smallest absolute Gasteiger partial charge is 0.175 e. The van der Waals surface area contributed by atoms with Gasteiger partial charge in [0.25, 0.3) is 0 Å². The van der Waals surface area contributed by atoms with Gasteiger partial charge in [-0.15, -0.1) is 0 Å². The summed E-state index contributed by atoms with van der Waals surface area (Å²) >= 11 is 0. The van der Waals surface area contributed by atoms with Crippen molar-refractivity contribution in [2.45, 2.75) is 19.8 Å². The number of hydrogen-bond donors (Lipinski definition) is 0. The fraction of sp³-hybridized carbons (Fsp3) is 0.333. The third-order valence-electron chi connectivity index (χ3n) is 3.45. The van der Waals surface area contributed by atoms with E-state index in [2.05, 4.69) is 6.07 Å². The Balaban J connectivity index is 2.28. The van der Waals surface area contributed by atoms with Crippen LogP contribution in [0, 0.1) is 16.7 Å². The lowest BCUT2D eigenvalue weighted by Crippen LogP contribution is -2.27. The van der Waals surface area contributed by atoms with Crippen LogP contribution in [0.1, 0.15) is 25.3 Å². The minimum Gasteiger partial charge on any atom is -0.497 e. The molecule has 0 saturated heterocycles. The third-order valence-corrected chi connectivity index (χ3v) is 3.45. The molecule has 1 aliphatic rings. The lowest BCUT2D eigenvalue weighted by Gasteiger charge is -2.24. The second-order valence-electron chi connectivity index (χ2n) is 4.71. The van der Waals surface area contributed by atoms with E-state index in [0.29, 0.717) is 6.42 Å². The normalized spacial score (nSPS) is 23.2. The van der Waals surface area contributed by atoms with Gasteiger partial charge < -0.3 is 4.74 Å². The number of allylic oxidation sites excluding steroid dienone is 2. The summed E-state index contributed by atoms with van der Waals surface area (Å²) in [5, 5.41) is 9.03. The van der Waals surface area contributed by atoms with E-state index in [0.717, 1.165) is 23.3 Å². The van der Waals surface area contributed by atoms with Crippen molar-refractivity contribution in [3.63, 3.8) is 0 Å². The van der Waals surface area contributed by atoms with Crippen molar-refractivity contribution in [1.82, 2.24) is 0 Å². The predicted octanol–water partition coefficient (Wildman–Crippen LogP) is 2.97. The standard InChI is InChI=1S/C15H15NO2/c1-15(10-16)8-7-12(9-14(15)17)11-3-5-13(18-2)6-4-11/h3-6,9H,7-8H2,1-2H3/t15-/m1/s1. The number of carbonyl (C=O) groups excluding carboxylic acids is 1. The van der Waals surface area contributed by atoms with Crippen molar-refractivity contribution in [2.75, 3.05) is 7.11 Å². The summed E-state index contributed by atoms with van der Waals surface area (Å²) in [7, 11) is 1.62. The number of ether oxygens (including phenoxy) is 1. The van der Waals surface area contributed by atoms with Crippen LogP contribution in [0.25, 0.3) is 5.57 Å². The van der Waals surface area contributed by atoms with E-state index in [1.165, 1.54) is 0 Å². The molecule has 0 saturated carbocycles. The first kappa shape index (κ1) is 12.4. The number of rotatable bonds is 2. The van der Waals surface area contributed by atoms with Crippen LogP contribution in [0.5, 0.6) is 5.75 Å². The Bertz CT molecular complexity index is 537. The van der Waals surface area contributed by atoms with Gasteiger partial charge >= 0.3 is 0 Å². The molecule has 0 aromatic heterocycles. The van der Waals surface area contributed by atoms with Crippen molar-refractivity contribution in [1.29, 1.82) is 5.26 Å². The molecular weight excluding hydrogens is 226 g/mol. The van der Waals surface area contributed by atoms with Gasteiger partial charge in [-0.2, -0.15) is 5.26 Å². The Morgan fingerprint density at radius 1 is 1.33 bits per heavy atom. The highest BCUT2D eigenvalue weighted by molar-refractivity contribution is 6.03. The molecule has 0 N–H and O–H groups in total. The fourth-order valence-electron chi connectivity index (χ4n) is 2.04. The molecule has 18 heavy (non-hydrogen) atoms. The monoisotopic (exact) mass is 241 g/mol. The quantitative estimate of drug-likeness (QED) is 0.799. The lowest BCUT2D eigenvalue weighted by molar-refractivity contribution is -0.121. The summed E-state index contributed by atoms with van der Waals surface area (Å²) in [6.45, 7) is 1.70. The zero-order chi connectivity index (χ0) is 13.2. The molecule has 0 amide bonds. The molecule has 0 fully saturated rings. The van der Waals surface area contributed by atoms with Gasteiger partial charge in [0.1, 0.15) is 11.2 Å². The Labute approximate surface area is 107 Å². The van der Waals surface area contributed by atoms with Gasteiger partial charge in [0, 0.05) is 0 Å². The molecule has 0 unspecified atom stereocenters. The average molecular weight is 241 g/mol. The van der Waals surface area contributed by atoms with E-state index in [9.17, 15) is 4.79 Å². The van der Waals surface area contributed by atoms with E-state index >= 15 is 0 Å². The van der Waals surface area contributed by atoms with E-state index < -0.39 is 5.41 Å². The van der Waals surface area contributed by atoms with E-state index in [-0.39, 0.29) is 5.78 Å². The summed E-state index contributed by atoms with van der Waals surface area (Å²) in [6, 6.07) is 9.73. The predicted molar refractivity (Wildman–Crippen MR) is 68.9 cm³/mol. The van der Waals surface area contributed by atoms with Gasteiger partial charge in [0.2, 0.25) is 0 Å². The van der Waals surface area contributed by atoms with Gasteiger partial charge in [0.05, 0.1) is 13.2 Å². The van der Waals surface area contributed by atoms with Crippen molar-refractivity contribution >= 4 is 11.4 Å². The maximum atomic E-state index is 11.9. The maximum absolute atomic E-state index is 11.9. The molecule has 0 radical (unpaired) electrons. The summed E-state index contributed by atoms with van der Waals surface area (Å²) in [6.07, 6.45) is 2.94. The highest BCUT2D eigenvalue weighted by atomic mass is 16.5. The molecule has 1 aromatic rings. The molecule has 0 bridgehead atoms. The number of hydrogen-bond acceptors (Lipinski definition) is 3. The number of nitriles is 1. The van der Waals surface area contributed by atoms with E-state index in [4.69, 9.17) is 10.00 Å². The Morgan fingerprint density at radius 2 is 2.00 bits per heavy atom. The van der Waals surface area contributed by atoms with E-state index in [1.54, 1.807) is 20.1 Å². The van der Waals surface area contributed by atoms with Gasteiger partial charge in [-0.25, -0.2) is 0 Å². The molecular formula is C15H15NO2. The second kappa shape index (κ2) is 4.66. The maximum Gasteiger partial charge on any atom is 0.175 e. The van der Waals surface area contributed by atoms with Crippen molar-refractivity contribution in [3.05, 3.63) is 35.9 Å². The van der Waals surface area contributed by atoms with Gasteiger partial charge in [-0.1, -0.05) is 12.1 Å².